The Labute approximate surface area is 125 Å². The maximum atomic E-state index is 3.40. The summed E-state index contributed by atoms with van der Waals surface area (Å²) in [6.45, 7) is 18.0. The second-order valence-electron chi connectivity index (χ2n) is 6.62. The van der Waals surface area contributed by atoms with Crippen molar-refractivity contribution in [1.82, 2.24) is 0 Å². The third-order valence-electron chi connectivity index (χ3n) is 3.57. The van der Waals surface area contributed by atoms with E-state index in [0.717, 1.165) is 0 Å². The van der Waals surface area contributed by atoms with Crippen molar-refractivity contribution in [3.8, 4) is 0 Å². The molecule has 0 saturated carbocycles. The van der Waals surface area contributed by atoms with Gasteiger partial charge in [-0.1, -0.05) is 6.07 Å². The predicted octanol–water partition coefficient (Wildman–Crippen LogP) is 4.73. The number of hydrogen-bond acceptors (Lipinski definition) is 2. The molecule has 0 N–H and O–H groups in total. The minimum Gasteiger partial charge on any atom is -0.367 e. The van der Waals surface area contributed by atoms with Gasteiger partial charge in [-0.25, -0.2) is 0 Å². The third kappa shape index (κ3) is 3.91. The van der Waals surface area contributed by atoms with Crippen molar-refractivity contribution in [2.24, 2.45) is 0 Å². The van der Waals surface area contributed by atoms with Gasteiger partial charge in [0.1, 0.15) is 0 Å². The first-order chi connectivity index (χ1) is 9.25. The first-order valence-corrected chi connectivity index (χ1v) is 7.84. The maximum Gasteiger partial charge on any atom is 0.0472 e. The van der Waals surface area contributed by atoms with Crippen molar-refractivity contribution in [1.29, 1.82) is 0 Å². The molecule has 0 unspecified atom stereocenters. The van der Waals surface area contributed by atoms with Gasteiger partial charge in [-0.3, -0.25) is 0 Å². The van der Waals surface area contributed by atoms with E-state index in [4.69, 9.17) is 0 Å². The SMILES string of the molecule is CC(C)N(c1[c]ccc(N(C(C)C)C(C)C)c1)C(C)C. The highest BCUT2D eigenvalue weighted by atomic mass is 15.2. The first-order valence-electron chi connectivity index (χ1n) is 7.84. The molecule has 1 aromatic rings. The molecule has 0 amide bonds. The summed E-state index contributed by atoms with van der Waals surface area (Å²) in [4.78, 5) is 4.87. The largest absolute Gasteiger partial charge is 0.367 e. The Kier molecular flexibility index (Phi) is 5.91. The van der Waals surface area contributed by atoms with Crippen LogP contribution in [0.1, 0.15) is 55.4 Å². The first kappa shape index (κ1) is 16.9. The molecule has 0 atom stereocenters. The molecule has 0 aliphatic rings. The molecule has 0 aliphatic carbocycles. The summed E-state index contributed by atoms with van der Waals surface area (Å²) in [5.41, 5.74) is 2.48. The van der Waals surface area contributed by atoms with Gasteiger partial charge in [0.2, 0.25) is 0 Å². The number of hydrogen-bond donors (Lipinski definition) is 0. The quantitative estimate of drug-likeness (QED) is 0.740. The van der Waals surface area contributed by atoms with Crippen LogP contribution >= 0.6 is 0 Å². The van der Waals surface area contributed by atoms with Gasteiger partial charge in [0.05, 0.1) is 0 Å². The van der Waals surface area contributed by atoms with Gasteiger partial charge >= 0.3 is 0 Å². The Balaban J connectivity index is 3.17. The monoisotopic (exact) mass is 275 g/mol. The van der Waals surface area contributed by atoms with E-state index in [1.54, 1.807) is 0 Å². The third-order valence-corrected chi connectivity index (χ3v) is 3.57. The zero-order chi connectivity index (χ0) is 15.4. The lowest BCUT2D eigenvalue weighted by atomic mass is 10.1. The molecule has 0 saturated heterocycles. The summed E-state index contributed by atoms with van der Waals surface area (Å²) < 4.78 is 0. The minimum absolute atomic E-state index is 0.480. The highest BCUT2D eigenvalue weighted by Gasteiger charge is 2.18. The van der Waals surface area contributed by atoms with E-state index in [0.29, 0.717) is 24.2 Å². The number of nitrogens with zero attached hydrogens (tertiary/aromatic N) is 2. The van der Waals surface area contributed by atoms with E-state index in [1.165, 1.54) is 11.4 Å². The van der Waals surface area contributed by atoms with E-state index in [9.17, 15) is 0 Å². The summed E-state index contributed by atoms with van der Waals surface area (Å²) in [7, 11) is 0. The van der Waals surface area contributed by atoms with Crippen LogP contribution in [0.4, 0.5) is 11.4 Å². The Morgan fingerprint density at radius 2 is 1.20 bits per heavy atom. The Hall–Kier alpha value is -1.18. The number of rotatable bonds is 6. The minimum atomic E-state index is 0.480. The Morgan fingerprint density at radius 3 is 1.60 bits per heavy atom. The van der Waals surface area contributed by atoms with Gasteiger partial charge in [-0.2, -0.15) is 0 Å². The van der Waals surface area contributed by atoms with Crippen molar-refractivity contribution in [2.75, 3.05) is 9.80 Å². The zero-order valence-electron chi connectivity index (χ0n) is 14.4. The van der Waals surface area contributed by atoms with Crippen LogP contribution in [0.2, 0.25) is 0 Å². The van der Waals surface area contributed by atoms with E-state index in [2.05, 4.69) is 89.5 Å². The second kappa shape index (κ2) is 7.01. The van der Waals surface area contributed by atoms with Crippen LogP contribution in [0.5, 0.6) is 0 Å². The van der Waals surface area contributed by atoms with Crippen LogP contribution in [-0.2, 0) is 0 Å². The lowest BCUT2D eigenvalue weighted by Crippen LogP contribution is -2.39. The molecule has 1 rings (SSSR count). The fourth-order valence-electron chi connectivity index (χ4n) is 3.10. The van der Waals surface area contributed by atoms with Crippen LogP contribution in [-0.4, -0.2) is 24.2 Å². The topological polar surface area (TPSA) is 6.48 Å². The number of benzene rings is 1. The number of anilines is 2. The van der Waals surface area contributed by atoms with Crippen LogP contribution in [0, 0.1) is 6.07 Å². The fraction of sp³-hybridized carbons (Fsp3) is 0.667. The molecule has 1 aromatic carbocycles. The molecule has 2 nitrogen and oxygen atoms in total. The predicted molar refractivity (Wildman–Crippen MR) is 90.8 cm³/mol. The molecule has 0 bridgehead atoms. The van der Waals surface area contributed by atoms with Gasteiger partial charge in [0.25, 0.3) is 0 Å². The van der Waals surface area contributed by atoms with E-state index >= 15 is 0 Å². The average molecular weight is 275 g/mol. The van der Waals surface area contributed by atoms with Gasteiger partial charge < -0.3 is 9.80 Å². The van der Waals surface area contributed by atoms with Crippen molar-refractivity contribution in [3.05, 3.63) is 24.3 Å². The lowest BCUT2D eigenvalue weighted by Gasteiger charge is -2.36. The van der Waals surface area contributed by atoms with Gasteiger partial charge in [0, 0.05) is 41.6 Å². The lowest BCUT2D eigenvalue weighted by molar-refractivity contribution is 0.600. The summed E-state index contributed by atoms with van der Waals surface area (Å²) in [6, 6.07) is 11.9. The molecule has 2 heteroatoms. The van der Waals surface area contributed by atoms with Crippen LogP contribution in [0.15, 0.2) is 18.2 Å². The second-order valence-corrected chi connectivity index (χ2v) is 6.62. The molecule has 0 aromatic heterocycles. The maximum absolute atomic E-state index is 3.40. The van der Waals surface area contributed by atoms with Gasteiger partial charge in [-0.05, 0) is 67.5 Å². The molecule has 0 spiro atoms. The molecular formula is C18H31N2. The molecule has 20 heavy (non-hydrogen) atoms. The molecule has 113 valence electrons. The molecule has 0 aliphatic heterocycles. The van der Waals surface area contributed by atoms with Gasteiger partial charge in [0.15, 0.2) is 0 Å². The van der Waals surface area contributed by atoms with Crippen molar-refractivity contribution < 1.29 is 0 Å². The van der Waals surface area contributed by atoms with E-state index in [-0.39, 0.29) is 0 Å². The summed E-state index contributed by atoms with van der Waals surface area (Å²) in [5.74, 6) is 0. The van der Waals surface area contributed by atoms with Crippen LogP contribution in [0.25, 0.3) is 0 Å². The van der Waals surface area contributed by atoms with Gasteiger partial charge in [-0.15, -0.1) is 0 Å². The van der Waals surface area contributed by atoms with Crippen LogP contribution in [0.3, 0.4) is 0 Å². The van der Waals surface area contributed by atoms with Crippen molar-refractivity contribution in [3.63, 3.8) is 0 Å². The molecular weight excluding hydrogens is 244 g/mol. The summed E-state index contributed by atoms with van der Waals surface area (Å²) in [6.07, 6.45) is 0. The van der Waals surface area contributed by atoms with Crippen LogP contribution < -0.4 is 9.80 Å². The molecule has 0 heterocycles. The Morgan fingerprint density at radius 1 is 0.750 bits per heavy atom. The van der Waals surface area contributed by atoms with Crippen molar-refractivity contribution >= 4 is 11.4 Å². The standard InChI is InChI=1S/C18H31N2/c1-13(2)19(14(3)4)17-10-9-11-18(12-17)20(15(5)6)16(7)8/h9-10,12-16H,1-8H3. The smallest absolute Gasteiger partial charge is 0.0472 e. The molecule has 0 fully saturated rings. The fourth-order valence-corrected chi connectivity index (χ4v) is 3.10. The average Bonchev–Trinajstić information content (AvgIpc) is 2.27. The summed E-state index contributed by atoms with van der Waals surface area (Å²) >= 11 is 0. The Bertz CT molecular complexity index is 356. The molecule has 1 radical (unpaired) electrons. The highest BCUT2D eigenvalue weighted by Crippen LogP contribution is 2.27. The normalized spacial score (nSPS) is 11.8. The van der Waals surface area contributed by atoms with Crippen molar-refractivity contribution in [2.45, 2.75) is 79.6 Å². The van der Waals surface area contributed by atoms with E-state index in [1.807, 2.05) is 0 Å². The zero-order valence-corrected chi connectivity index (χ0v) is 14.4. The highest BCUT2D eigenvalue weighted by molar-refractivity contribution is 5.60. The van der Waals surface area contributed by atoms with E-state index < -0.39 is 0 Å². The summed E-state index contributed by atoms with van der Waals surface area (Å²) in [5, 5.41) is 0.